The van der Waals surface area contributed by atoms with Gasteiger partial charge < -0.3 is 15.5 Å². The molecule has 6 heteroatoms. The Hall–Kier alpha value is -0.880. The first-order valence-electron chi connectivity index (χ1n) is 6.91. The summed E-state index contributed by atoms with van der Waals surface area (Å²) in [6.07, 6.45) is 6.68. The van der Waals surface area contributed by atoms with E-state index in [1.165, 1.54) is 56.5 Å². The van der Waals surface area contributed by atoms with E-state index in [2.05, 4.69) is 20.0 Å². The van der Waals surface area contributed by atoms with Gasteiger partial charge in [-0.15, -0.1) is 10.2 Å². The highest BCUT2D eigenvalue weighted by Gasteiger charge is 2.26. The summed E-state index contributed by atoms with van der Waals surface area (Å²) >= 11 is 1.50. The van der Waals surface area contributed by atoms with E-state index in [-0.39, 0.29) is 0 Å². The van der Waals surface area contributed by atoms with E-state index in [0.717, 1.165) is 24.3 Å². The van der Waals surface area contributed by atoms with Crippen LogP contribution in [0.1, 0.15) is 32.1 Å². The van der Waals surface area contributed by atoms with Gasteiger partial charge in [0, 0.05) is 19.1 Å². The molecule has 100 valence electrons. The molecule has 2 N–H and O–H groups in total. The quantitative estimate of drug-likeness (QED) is 0.881. The molecule has 0 amide bonds. The third-order valence-corrected chi connectivity index (χ3v) is 4.89. The van der Waals surface area contributed by atoms with E-state index in [4.69, 9.17) is 5.73 Å². The Balaban J connectivity index is 1.54. The van der Waals surface area contributed by atoms with Gasteiger partial charge in [0.05, 0.1) is 0 Å². The minimum absolute atomic E-state index is 0.572. The minimum atomic E-state index is 0.572. The molecule has 0 atom stereocenters. The monoisotopic (exact) mass is 267 g/mol. The second kappa shape index (κ2) is 5.40. The van der Waals surface area contributed by atoms with Gasteiger partial charge in [-0.3, -0.25) is 0 Å². The molecule has 2 aliphatic heterocycles. The number of hydrogen-bond acceptors (Lipinski definition) is 6. The fraction of sp³-hybridized carbons (Fsp3) is 0.833. The van der Waals surface area contributed by atoms with Crippen molar-refractivity contribution in [3.63, 3.8) is 0 Å². The molecular formula is C12H21N5S. The maximum atomic E-state index is 5.64. The second-order valence-electron chi connectivity index (χ2n) is 5.24. The number of anilines is 2. The van der Waals surface area contributed by atoms with E-state index < -0.39 is 0 Å². The predicted octanol–water partition coefficient (Wildman–Crippen LogP) is 1.57. The molecule has 0 radical (unpaired) electrons. The van der Waals surface area contributed by atoms with Crippen LogP contribution in [0.3, 0.4) is 0 Å². The standard InChI is InChI=1S/C12H21N5S/c13-11-14-15-12(18-11)17-8-4-10(5-9-17)16-6-2-1-3-7-16/h10H,1-9H2,(H2,13,14). The van der Waals surface area contributed by atoms with Gasteiger partial charge in [-0.25, -0.2) is 0 Å². The van der Waals surface area contributed by atoms with E-state index >= 15 is 0 Å². The highest BCUT2D eigenvalue weighted by Crippen LogP contribution is 2.27. The van der Waals surface area contributed by atoms with Crippen LogP contribution in [0.5, 0.6) is 0 Å². The van der Waals surface area contributed by atoms with Crippen LogP contribution in [-0.4, -0.2) is 47.3 Å². The summed E-state index contributed by atoms with van der Waals surface area (Å²) in [6, 6.07) is 0.784. The van der Waals surface area contributed by atoms with Gasteiger partial charge in [-0.1, -0.05) is 17.8 Å². The summed E-state index contributed by atoms with van der Waals surface area (Å²) in [5, 5.41) is 9.59. The first-order chi connectivity index (χ1) is 8.83. The molecule has 3 rings (SSSR count). The van der Waals surface area contributed by atoms with Gasteiger partial charge in [-0.2, -0.15) is 0 Å². The Bertz CT molecular complexity index is 380. The van der Waals surface area contributed by atoms with Crippen LogP contribution in [-0.2, 0) is 0 Å². The summed E-state index contributed by atoms with van der Waals surface area (Å²) in [5.74, 6) is 0. The zero-order valence-electron chi connectivity index (χ0n) is 10.7. The molecule has 0 unspecified atom stereocenters. The summed E-state index contributed by atoms with van der Waals surface area (Å²) < 4.78 is 0. The topological polar surface area (TPSA) is 58.3 Å². The first kappa shape index (κ1) is 12.2. The Morgan fingerprint density at radius 2 is 1.72 bits per heavy atom. The lowest BCUT2D eigenvalue weighted by molar-refractivity contribution is 0.141. The summed E-state index contributed by atoms with van der Waals surface area (Å²) in [4.78, 5) is 5.02. The maximum absolute atomic E-state index is 5.64. The number of hydrogen-bond donors (Lipinski definition) is 1. The summed E-state index contributed by atoms with van der Waals surface area (Å²) in [7, 11) is 0. The van der Waals surface area contributed by atoms with Crippen LogP contribution < -0.4 is 10.6 Å². The van der Waals surface area contributed by atoms with Gasteiger partial charge in [0.2, 0.25) is 10.3 Å². The van der Waals surface area contributed by atoms with Gasteiger partial charge in [0.1, 0.15) is 0 Å². The number of nitrogens with zero attached hydrogens (tertiary/aromatic N) is 4. The average molecular weight is 267 g/mol. The molecule has 1 aromatic heterocycles. The van der Waals surface area contributed by atoms with Crippen molar-refractivity contribution in [2.75, 3.05) is 36.8 Å². The van der Waals surface area contributed by atoms with Gasteiger partial charge in [-0.05, 0) is 38.8 Å². The number of aromatic nitrogens is 2. The van der Waals surface area contributed by atoms with Crippen LogP contribution in [0.2, 0.25) is 0 Å². The Morgan fingerprint density at radius 3 is 2.33 bits per heavy atom. The third-order valence-electron chi connectivity index (χ3n) is 4.07. The molecular weight excluding hydrogens is 246 g/mol. The number of piperidine rings is 2. The van der Waals surface area contributed by atoms with Crippen LogP contribution in [0.25, 0.3) is 0 Å². The predicted molar refractivity (Wildman–Crippen MR) is 75.0 cm³/mol. The van der Waals surface area contributed by atoms with E-state index in [0.29, 0.717) is 5.13 Å². The molecule has 0 spiro atoms. The Morgan fingerprint density at radius 1 is 1.00 bits per heavy atom. The number of nitrogen functional groups attached to an aromatic ring is 1. The van der Waals surface area contributed by atoms with E-state index in [1.807, 2.05) is 0 Å². The molecule has 0 aliphatic carbocycles. The zero-order valence-corrected chi connectivity index (χ0v) is 11.5. The van der Waals surface area contributed by atoms with E-state index in [9.17, 15) is 0 Å². The minimum Gasteiger partial charge on any atom is -0.374 e. The van der Waals surface area contributed by atoms with Crippen LogP contribution in [0.4, 0.5) is 10.3 Å². The highest BCUT2D eigenvalue weighted by molar-refractivity contribution is 7.18. The maximum Gasteiger partial charge on any atom is 0.209 e. The third kappa shape index (κ3) is 2.59. The lowest BCUT2D eigenvalue weighted by Gasteiger charge is -2.40. The second-order valence-corrected chi connectivity index (χ2v) is 6.23. The number of nitrogens with two attached hydrogens (primary N) is 1. The van der Waals surface area contributed by atoms with Crippen LogP contribution >= 0.6 is 11.3 Å². The SMILES string of the molecule is Nc1nnc(N2CCC(N3CCCCC3)CC2)s1. The normalized spacial score (nSPS) is 23.4. The van der Waals surface area contributed by atoms with Crippen molar-refractivity contribution in [2.24, 2.45) is 0 Å². The summed E-state index contributed by atoms with van der Waals surface area (Å²) in [5.41, 5.74) is 5.64. The molecule has 2 fully saturated rings. The molecule has 2 aliphatic rings. The highest BCUT2D eigenvalue weighted by atomic mass is 32.1. The Labute approximate surface area is 112 Å². The largest absolute Gasteiger partial charge is 0.374 e. The smallest absolute Gasteiger partial charge is 0.209 e. The lowest BCUT2D eigenvalue weighted by Crippen LogP contribution is -2.46. The Kier molecular flexibility index (Phi) is 3.65. The van der Waals surface area contributed by atoms with Crippen molar-refractivity contribution in [1.82, 2.24) is 15.1 Å². The van der Waals surface area contributed by atoms with Crippen LogP contribution in [0, 0.1) is 0 Å². The molecule has 3 heterocycles. The molecule has 0 aromatic carbocycles. The van der Waals surface area contributed by atoms with E-state index in [1.54, 1.807) is 0 Å². The van der Waals surface area contributed by atoms with Crippen molar-refractivity contribution < 1.29 is 0 Å². The fourth-order valence-corrected chi connectivity index (χ4v) is 3.72. The molecule has 5 nitrogen and oxygen atoms in total. The van der Waals surface area contributed by atoms with Gasteiger partial charge in [0.15, 0.2) is 0 Å². The first-order valence-corrected chi connectivity index (χ1v) is 7.72. The fourth-order valence-electron chi connectivity index (χ4n) is 3.06. The average Bonchev–Trinajstić information content (AvgIpc) is 2.87. The van der Waals surface area contributed by atoms with Crippen molar-refractivity contribution in [1.29, 1.82) is 0 Å². The van der Waals surface area contributed by atoms with Crippen molar-refractivity contribution >= 4 is 21.6 Å². The van der Waals surface area contributed by atoms with Crippen molar-refractivity contribution in [3.05, 3.63) is 0 Å². The molecule has 0 bridgehead atoms. The van der Waals surface area contributed by atoms with Crippen LogP contribution in [0.15, 0.2) is 0 Å². The number of likely N-dealkylation sites (tertiary alicyclic amines) is 1. The molecule has 2 saturated heterocycles. The van der Waals surface area contributed by atoms with Crippen molar-refractivity contribution in [3.8, 4) is 0 Å². The van der Waals surface area contributed by atoms with Gasteiger partial charge in [0.25, 0.3) is 0 Å². The molecule has 0 saturated carbocycles. The van der Waals surface area contributed by atoms with Crippen molar-refractivity contribution in [2.45, 2.75) is 38.1 Å². The van der Waals surface area contributed by atoms with Gasteiger partial charge >= 0.3 is 0 Å². The molecule has 18 heavy (non-hydrogen) atoms. The zero-order chi connectivity index (χ0) is 12.4. The lowest BCUT2D eigenvalue weighted by atomic mass is 10.0. The summed E-state index contributed by atoms with van der Waals surface area (Å²) in [6.45, 7) is 4.79. The number of rotatable bonds is 2. The molecule has 1 aromatic rings.